The van der Waals surface area contributed by atoms with Crippen molar-refractivity contribution in [1.29, 1.82) is 0 Å². The highest BCUT2D eigenvalue weighted by atomic mass is 79.9. The minimum Gasteiger partial charge on any atom is -0.478 e. The summed E-state index contributed by atoms with van der Waals surface area (Å²) < 4.78 is 5.58. The Balaban J connectivity index is 2.02. The van der Waals surface area contributed by atoms with Gasteiger partial charge in [-0.15, -0.1) is 0 Å². The number of aromatic nitrogens is 1. The summed E-state index contributed by atoms with van der Waals surface area (Å²) >= 11 is 3.40. The topological polar surface area (TPSA) is 22.1 Å². The van der Waals surface area contributed by atoms with Crippen LogP contribution in [0.4, 0.5) is 0 Å². The average Bonchev–Trinajstić information content (AvgIpc) is 2.34. The lowest BCUT2D eigenvalue weighted by Crippen LogP contribution is -1.99. The zero-order valence-electron chi connectivity index (χ0n) is 9.03. The molecule has 0 aliphatic carbocycles. The number of hydrogen-bond acceptors (Lipinski definition) is 2. The zero-order valence-corrected chi connectivity index (χ0v) is 10.6. The van der Waals surface area contributed by atoms with E-state index in [0.717, 1.165) is 30.2 Å². The van der Waals surface area contributed by atoms with Crippen molar-refractivity contribution in [1.82, 2.24) is 4.98 Å². The molecule has 0 fully saturated rings. The molecule has 0 saturated heterocycles. The lowest BCUT2D eigenvalue weighted by molar-refractivity contribution is 0.299. The van der Waals surface area contributed by atoms with E-state index in [2.05, 4.69) is 33.0 Å². The van der Waals surface area contributed by atoms with E-state index in [4.69, 9.17) is 4.74 Å². The number of rotatable bonds is 5. The summed E-state index contributed by atoms with van der Waals surface area (Å²) in [5.74, 6) is 0.716. The molecule has 2 nitrogen and oxygen atoms in total. The third-order valence-corrected chi connectivity index (χ3v) is 2.94. The molecular formula is C13H14BrNO. The second kappa shape index (κ2) is 5.85. The number of pyridine rings is 1. The first-order valence-electron chi connectivity index (χ1n) is 5.44. The molecule has 0 N–H and O–H groups in total. The molecule has 84 valence electrons. The average molecular weight is 280 g/mol. The summed E-state index contributed by atoms with van der Waals surface area (Å²) in [7, 11) is 0. The molecule has 2 aromatic rings. The Hall–Kier alpha value is -1.09. The maximum atomic E-state index is 5.58. The number of ether oxygens (including phenoxy) is 1. The van der Waals surface area contributed by atoms with Gasteiger partial charge in [0.15, 0.2) is 0 Å². The number of fused-ring (bicyclic) bond motifs is 1. The summed E-state index contributed by atoms with van der Waals surface area (Å²) in [6, 6.07) is 10.2. The number of hydrogen-bond donors (Lipinski definition) is 0. The smallest absolute Gasteiger partial charge is 0.213 e. The fourth-order valence-corrected chi connectivity index (χ4v) is 1.91. The lowest BCUT2D eigenvalue weighted by atomic mass is 10.2. The van der Waals surface area contributed by atoms with E-state index < -0.39 is 0 Å². The molecule has 0 unspecified atom stereocenters. The lowest BCUT2D eigenvalue weighted by Gasteiger charge is -2.05. The van der Waals surface area contributed by atoms with Gasteiger partial charge in [-0.1, -0.05) is 40.2 Å². The highest BCUT2D eigenvalue weighted by Gasteiger charge is 1.97. The predicted molar refractivity (Wildman–Crippen MR) is 70.3 cm³/mol. The minimum atomic E-state index is 0.716. The molecule has 0 radical (unpaired) electrons. The van der Waals surface area contributed by atoms with E-state index in [1.54, 1.807) is 0 Å². The normalized spacial score (nSPS) is 10.6. The summed E-state index contributed by atoms with van der Waals surface area (Å²) in [5, 5.41) is 3.35. The van der Waals surface area contributed by atoms with Crippen LogP contribution in [0.25, 0.3) is 10.8 Å². The van der Waals surface area contributed by atoms with Crippen LogP contribution in [-0.2, 0) is 0 Å². The van der Waals surface area contributed by atoms with E-state index in [9.17, 15) is 0 Å². The number of halogens is 1. The van der Waals surface area contributed by atoms with Gasteiger partial charge in [0.1, 0.15) is 0 Å². The Bertz CT molecular complexity index is 458. The minimum absolute atomic E-state index is 0.716. The van der Waals surface area contributed by atoms with Gasteiger partial charge in [-0.05, 0) is 18.2 Å². The van der Waals surface area contributed by atoms with Crippen LogP contribution in [0.1, 0.15) is 12.8 Å². The maximum absolute atomic E-state index is 5.58. The Morgan fingerprint density at radius 1 is 1.12 bits per heavy atom. The van der Waals surface area contributed by atoms with Crippen molar-refractivity contribution in [3.05, 3.63) is 36.5 Å². The summed E-state index contributed by atoms with van der Waals surface area (Å²) in [6.07, 6.45) is 4.04. The van der Waals surface area contributed by atoms with Crippen molar-refractivity contribution in [3.63, 3.8) is 0 Å². The van der Waals surface area contributed by atoms with Crippen LogP contribution in [0.15, 0.2) is 36.5 Å². The van der Waals surface area contributed by atoms with Crippen molar-refractivity contribution in [2.24, 2.45) is 0 Å². The summed E-state index contributed by atoms with van der Waals surface area (Å²) in [6.45, 7) is 0.733. The Kier molecular flexibility index (Phi) is 4.17. The van der Waals surface area contributed by atoms with E-state index in [1.165, 1.54) is 5.39 Å². The van der Waals surface area contributed by atoms with Gasteiger partial charge in [0.2, 0.25) is 5.88 Å². The third-order valence-electron chi connectivity index (χ3n) is 2.38. The van der Waals surface area contributed by atoms with Crippen LogP contribution in [0.5, 0.6) is 5.88 Å². The second-order valence-corrected chi connectivity index (χ2v) is 4.41. The van der Waals surface area contributed by atoms with Gasteiger partial charge >= 0.3 is 0 Å². The van der Waals surface area contributed by atoms with E-state index in [-0.39, 0.29) is 0 Å². The second-order valence-electron chi connectivity index (χ2n) is 3.61. The molecule has 16 heavy (non-hydrogen) atoms. The van der Waals surface area contributed by atoms with E-state index in [0.29, 0.717) is 5.88 Å². The van der Waals surface area contributed by atoms with Crippen molar-refractivity contribution < 1.29 is 4.74 Å². The maximum Gasteiger partial charge on any atom is 0.213 e. The number of alkyl halides is 1. The van der Waals surface area contributed by atoms with E-state index >= 15 is 0 Å². The molecule has 1 heterocycles. The van der Waals surface area contributed by atoms with Crippen LogP contribution in [0.3, 0.4) is 0 Å². The molecule has 0 bridgehead atoms. The molecule has 0 atom stereocenters. The van der Waals surface area contributed by atoms with Gasteiger partial charge in [-0.25, -0.2) is 4.98 Å². The molecular weight excluding hydrogens is 266 g/mol. The largest absolute Gasteiger partial charge is 0.478 e. The van der Waals surface area contributed by atoms with Gasteiger partial charge in [0, 0.05) is 23.0 Å². The SMILES string of the molecule is BrCCCCOc1cc2ccccc2cn1. The summed E-state index contributed by atoms with van der Waals surface area (Å²) in [4.78, 5) is 4.27. The van der Waals surface area contributed by atoms with E-state index in [1.807, 2.05) is 24.4 Å². The standard InChI is InChI=1S/C13H14BrNO/c14-7-3-4-8-16-13-9-11-5-1-2-6-12(11)10-15-13/h1-2,5-6,9-10H,3-4,7-8H2. The first-order chi connectivity index (χ1) is 7.90. The van der Waals surface area contributed by atoms with Gasteiger partial charge < -0.3 is 4.74 Å². The number of nitrogens with zero attached hydrogens (tertiary/aromatic N) is 1. The zero-order chi connectivity index (χ0) is 11.2. The van der Waals surface area contributed by atoms with Gasteiger partial charge in [0.25, 0.3) is 0 Å². The van der Waals surface area contributed by atoms with Crippen molar-refractivity contribution >= 4 is 26.7 Å². The van der Waals surface area contributed by atoms with Crippen LogP contribution in [-0.4, -0.2) is 16.9 Å². The predicted octanol–water partition coefficient (Wildman–Crippen LogP) is 3.79. The van der Waals surface area contributed by atoms with Crippen LogP contribution < -0.4 is 4.74 Å². The number of unbranched alkanes of at least 4 members (excludes halogenated alkanes) is 1. The van der Waals surface area contributed by atoms with Crippen molar-refractivity contribution in [3.8, 4) is 5.88 Å². The first-order valence-corrected chi connectivity index (χ1v) is 6.56. The third kappa shape index (κ3) is 2.95. The molecule has 0 saturated carbocycles. The number of benzene rings is 1. The monoisotopic (exact) mass is 279 g/mol. The first kappa shape index (κ1) is 11.4. The van der Waals surface area contributed by atoms with Gasteiger partial charge in [-0.2, -0.15) is 0 Å². The Morgan fingerprint density at radius 3 is 2.75 bits per heavy atom. The fraction of sp³-hybridized carbons (Fsp3) is 0.308. The Labute approximate surface area is 104 Å². The molecule has 1 aromatic heterocycles. The summed E-state index contributed by atoms with van der Waals surface area (Å²) in [5.41, 5.74) is 0. The molecule has 0 amide bonds. The van der Waals surface area contributed by atoms with Gasteiger partial charge in [-0.3, -0.25) is 0 Å². The van der Waals surface area contributed by atoms with Crippen LogP contribution in [0.2, 0.25) is 0 Å². The highest BCUT2D eigenvalue weighted by Crippen LogP contribution is 2.17. The van der Waals surface area contributed by atoms with Crippen LogP contribution >= 0.6 is 15.9 Å². The fourth-order valence-electron chi connectivity index (χ4n) is 1.52. The molecule has 2 rings (SSSR count). The molecule has 3 heteroatoms. The van der Waals surface area contributed by atoms with Crippen LogP contribution in [0, 0.1) is 0 Å². The highest BCUT2D eigenvalue weighted by molar-refractivity contribution is 9.09. The quantitative estimate of drug-likeness (QED) is 0.614. The molecule has 1 aromatic carbocycles. The molecule has 0 aliphatic rings. The van der Waals surface area contributed by atoms with Crippen molar-refractivity contribution in [2.45, 2.75) is 12.8 Å². The molecule has 0 aliphatic heterocycles. The molecule has 0 spiro atoms. The Morgan fingerprint density at radius 2 is 1.94 bits per heavy atom. The van der Waals surface area contributed by atoms with Crippen molar-refractivity contribution in [2.75, 3.05) is 11.9 Å². The van der Waals surface area contributed by atoms with Gasteiger partial charge in [0.05, 0.1) is 6.61 Å².